The molecule has 0 aromatic heterocycles. The number of esters is 1. The molecule has 7 heteroatoms. The molecule has 0 radical (unpaired) electrons. The van der Waals surface area contributed by atoms with Gasteiger partial charge in [-0.3, -0.25) is 15.0 Å². The van der Waals surface area contributed by atoms with Crippen molar-refractivity contribution in [2.24, 2.45) is 21.3 Å². The Labute approximate surface area is 187 Å². The minimum absolute atomic E-state index is 0.233. The van der Waals surface area contributed by atoms with Crippen LogP contribution in [0.2, 0.25) is 0 Å². The number of nitrogens with zero attached hydrogens (tertiary/aromatic N) is 1. The van der Waals surface area contributed by atoms with E-state index in [-0.39, 0.29) is 11.7 Å². The van der Waals surface area contributed by atoms with Crippen LogP contribution in [0.15, 0.2) is 59.7 Å². The van der Waals surface area contributed by atoms with Gasteiger partial charge in [0.2, 0.25) is 5.91 Å². The van der Waals surface area contributed by atoms with Crippen molar-refractivity contribution in [2.45, 2.75) is 33.6 Å². The van der Waals surface area contributed by atoms with Crippen LogP contribution in [-0.2, 0) is 14.3 Å². The molecular weight excluding hydrogens is 406 g/mol. The normalized spacial score (nSPS) is 26.8. The predicted octanol–water partition coefficient (Wildman–Crippen LogP) is 4.28. The van der Waals surface area contributed by atoms with Gasteiger partial charge in [0.1, 0.15) is 11.1 Å². The van der Waals surface area contributed by atoms with Crippen LogP contribution in [0, 0.1) is 16.2 Å². The Balaban J connectivity index is 1.63. The summed E-state index contributed by atoms with van der Waals surface area (Å²) in [6.45, 7) is 5.97. The van der Waals surface area contributed by atoms with Gasteiger partial charge in [0.15, 0.2) is 5.78 Å². The summed E-state index contributed by atoms with van der Waals surface area (Å²) in [7, 11) is 1.31. The molecule has 2 aromatic rings. The molecular formula is C25H27N3O4. The molecule has 2 fully saturated rings. The third-order valence-corrected chi connectivity index (χ3v) is 7.59. The summed E-state index contributed by atoms with van der Waals surface area (Å²) < 4.78 is 4.71. The Morgan fingerprint density at radius 1 is 0.938 bits per heavy atom. The second-order valence-electron chi connectivity index (χ2n) is 9.15. The monoisotopic (exact) mass is 433 g/mol. The number of hydrogen-bond acceptors (Lipinski definition) is 6. The Morgan fingerprint density at radius 3 is 2.22 bits per heavy atom. The predicted molar refractivity (Wildman–Crippen MR) is 122 cm³/mol. The first-order valence-electron chi connectivity index (χ1n) is 10.6. The number of anilines is 2. The fourth-order valence-electron chi connectivity index (χ4n) is 5.15. The van der Waals surface area contributed by atoms with Gasteiger partial charge in [-0.1, -0.05) is 39.0 Å². The van der Waals surface area contributed by atoms with Crippen LogP contribution >= 0.6 is 0 Å². The van der Waals surface area contributed by atoms with Gasteiger partial charge in [-0.05, 0) is 54.7 Å². The molecule has 2 aliphatic carbocycles. The lowest BCUT2D eigenvalue weighted by Crippen LogP contribution is -2.47. The van der Waals surface area contributed by atoms with Crippen LogP contribution in [-0.4, -0.2) is 30.5 Å². The van der Waals surface area contributed by atoms with Crippen molar-refractivity contribution in [1.82, 2.24) is 0 Å². The minimum Gasteiger partial charge on any atom is -0.465 e. The van der Waals surface area contributed by atoms with Gasteiger partial charge in [-0.25, -0.2) is 4.79 Å². The van der Waals surface area contributed by atoms with E-state index < -0.39 is 22.2 Å². The first kappa shape index (κ1) is 21.7. The van der Waals surface area contributed by atoms with Gasteiger partial charge >= 0.3 is 5.97 Å². The lowest BCUT2D eigenvalue weighted by molar-refractivity contribution is -0.140. The van der Waals surface area contributed by atoms with E-state index in [1.54, 1.807) is 24.3 Å². The summed E-state index contributed by atoms with van der Waals surface area (Å²) in [5.74, 6) is -1.03. The van der Waals surface area contributed by atoms with E-state index in [1.807, 2.05) is 51.1 Å². The summed E-state index contributed by atoms with van der Waals surface area (Å²) in [5.41, 5.74) is 2.72. The topological polar surface area (TPSA) is 96.9 Å². The quantitative estimate of drug-likeness (QED) is 0.417. The summed E-state index contributed by atoms with van der Waals surface area (Å²) in [6, 6.07) is 15.8. The molecule has 2 saturated carbocycles. The molecule has 0 heterocycles. The number of hydrazone groups is 1. The number of hydrogen-bond donors (Lipinski definition) is 2. The molecule has 1 amide bonds. The van der Waals surface area contributed by atoms with Crippen molar-refractivity contribution >= 4 is 34.7 Å². The standard InChI is InChI=1S/C25H27N3O4/c1-23(2)24(3)14-15-25(23,20(29)19(24)28-27-18-8-6-5-7-9-18)22(31)26-17-12-10-16(11-13-17)21(30)32-4/h5-13,27H,14-15H2,1-4H3,(H,26,31)/b28-19+. The molecule has 166 valence electrons. The van der Waals surface area contributed by atoms with Crippen molar-refractivity contribution in [2.75, 3.05) is 17.9 Å². The van der Waals surface area contributed by atoms with Crippen molar-refractivity contribution in [3.05, 3.63) is 60.2 Å². The maximum atomic E-state index is 13.7. The Kier molecular flexibility index (Phi) is 5.15. The van der Waals surface area contributed by atoms with Gasteiger partial charge in [-0.15, -0.1) is 0 Å². The van der Waals surface area contributed by atoms with Gasteiger partial charge in [0.05, 0.1) is 18.4 Å². The number of Topliss-reactive ketones (excluding diaryl/α,β-unsaturated/α-hetero) is 1. The van der Waals surface area contributed by atoms with Crippen LogP contribution in [0.5, 0.6) is 0 Å². The number of methoxy groups -OCH3 is 1. The van der Waals surface area contributed by atoms with Crippen molar-refractivity contribution in [3.63, 3.8) is 0 Å². The number of ketones is 1. The average Bonchev–Trinajstić information content (AvgIpc) is 3.07. The average molecular weight is 434 g/mol. The molecule has 0 aliphatic heterocycles. The zero-order chi connectivity index (χ0) is 23.1. The summed E-state index contributed by atoms with van der Waals surface area (Å²) >= 11 is 0. The zero-order valence-electron chi connectivity index (χ0n) is 18.7. The van der Waals surface area contributed by atoms with Gasteiger partial charge in [0.25, 0.3) is 0 Å². The van der Waals surface area contributed by atoms with Crippen LogP contribution in [0.1, 0.15) is 44.0 Å². The van der Waals surface area contributed by atoms with Gasteiger partial charge < -0.3 is 10.1 Å². The molecule has 2 bridgehead atoms. The molecule has 0 saturated heterocycles. The molecule has 4 rings (SSSR count). The summed E-state index contributed by atoms with van der Waals surface area (Å²) in [4.78, 5) is 38.9. The number of benzene rings is 2. The highest BCUT2D eigenvalue weighted by molar-refractivity contribution is 6.51. The van der Waals surface area contributed by atoms with Crippen molar-refractivity contribution in [3.8, 4) is 0 Å². The molecule has 2 aromatic carbocycles. The molecule has 7 nitrogen and oxygen atoms in total. The molecule has 2 atom stereocenters. The number of amides is 1. The lowest BCUT2D eigenvalue weighted by Gasteiger charge is -2.37. The number of rotatable bonds is 5. The number of para-hydroxylation sites is 1. The highest BCUT2D eigenvalue weighted by Gasteiger charge is 2.76. The maximum absolute atomic E-state index is 13.7. The SMILES string of the molecule is COC(=O)c1ccc(NC(=O)C23CCC(C)(/C(=N/Nc4ccccc4)C2=O)C3(C)C)cc1. The van der Waals surface area contributed by atoms with Crippen molar-refractivity contribution < 1.29 is 19.1 Å². The van der Waals surface area contributed by atoms with E-state index in [0.29, 0.717) is 29.8 Å². The van der Waals surface area contributed by atoms with Crippen LogP contribution in [0.4, 0.5) is 11.4 Å². The first-order valence-corrected chi connectivity index (χ1v) is 10.6. The fourth-order valence-corrected chi connectivity index (χ4v) is 5.15. The highest BCUT2D eigenvalue weighted by Crippen LogP contribution is 2.69. The molecule has 2 aliphatic rings. The number of carbonyl (C=O) groups excluding carboxylic acids is 3. The number of carbonyl (C=O) groups is 3. The smallest absolute Gasteiger partial charge is 0.337 e. The van der Waals surface area contributed by atoms with Gasteiger partial charge in [0, 0.05) is 11.1 Å². The lowest BCUT2D eigenvalue weighted by atomic mass is 9.64. The van der Waals surface area contributed by atoms with E-state index in [0.717, 1.165) is 5.69 Å². The van der Waals surface area contributed by atoms with E-state index in [9.17, 15) is 14.4 Å². The number of nitrogens with one attached hydrogen (secondary N) is 2. The number of fused-ring (bicyclic) bond motifs is 2. The maximum Gasteiger partial charge on any atom is 0.337 e. The molecule has 2 N–H and O–H groups in total. The van der Waals surface area contributed by atoms with E-state index >= 15 is 0 Å². The van der Waals surface area contributed by atoms with Gasteiger partial charge in [-0.2, -0.15) is 5.10 Å². The van der Waals surface area contributed by atoms with E-state index in [1.165, 1.54) is 7.11 Å². The number of ether oxygens (including phenoxy) is 1. The van der Waals surface area contributed by atoms with Crippen LogP contribution < -0.4 is 10.7 Å². The first-order chi connectivity index (χ1) is 15.2. The minimum atomic E-state index is -1.21. The Hall–Kier alpha value is -3.48. The van der Waals surface area contributed by atoms with Crippen LogP contribution in [0.25, 0.3) is 0 Å². The second-order valence-corrected chi connectivity index (χ2v) is 9.15. The molecule has 32 heavy (non-hydrogen) atoms. The van der Waals surface area contributed by atoms with Crippen molar-refractivity contribution in [1.29, 1.82) is 0 Å². The Morgan fingerprint density at radius 2 is 1.59 bits per heavy atom. The zero-order valence-corrected chi connectivity index (χ0v) is 18.7. The van der Waals surface area contributed by atoms with Crippen LogP contribution in [0.3, 0.4) is 0 Å². The largest absolute Gasteiger partial charge is 0.465 e. The third kappa shape index (κ3) is 2.95. The summed E-state index contributed by atoms with van der Waals surface area (Å²) in [6.07, 6.45) is 1.15. The fraction of sp³-hybridized carbons (Fsp3) is 0.360. The third-order valence-electron chi connectivity index (χ3n) is 7.59. The van der Waals surface area contributed by atoms with E-state index in [2.05, 4.69) is 15.8 Å². The van der Waals surface area contributed by atoms with E-state index in [4.69, 9.17) is 4.74 Å². The highest BCUT2D eigenvalue weighted by atomic mass is 16.5. The second kappa shape index (κ2) is 7.58. The Bertz CT molecular complexity index is 1110. The molecule has 2 unspecified atom stereocenters. The summed E-state index contributed by atoms with van der Waals surface area (Å²) in [5, 5.41) is 7.38. The molecule has 0 spiro atoms.